The molecule has 2 aliphatic rings. The van der Waals surface area contributed by atoms with Gasteiger partial charge in [-0.15, -0.1) is 0 Å². The lowest BCUT2D eigenvalue weighted by molar-refractivity contribution is -0.144. The van der Waals surface area contributed by atoms with Crippen molar-refractivity contribution in [3.63, 3.8) is 0 Å². The molecule has 2 saturated heterocycles. The van der Waals surface area contributed by atoms with Gasteiger partial charge >= 0.3 is 0 Å². The summed E-state index contributed by atoms with van der Waals surface area (Å²) in [5.74, 6) is 0.281. The molecule has 6 heteroatoms. The summed E-state index contributed by atoms with van der Waals surface area (Å²) in [6.45, 7) is 2.45. The first-order valence-electron chi connectivity index (χ1n) is 6.77. The van der Waals surface area contributed by atoms with Gasteiger partial charge in [-0.1, -0.05) is 5.16 Å². The Labute approximate surface area is 111 Å². The highest BCUT2D eigenvalue weighted by atomic mass is 16.5. The maximum absolute atomic E-state index is 12.0. The van der Waals surface area contributed by atoms with E-state index in [2.05, 4.69) is 10.5 Å². The number of rotatable bonds is 2. The van der Waals surface area contributed by atoms with Gasteiger partial charge in [-0.25, -0.2) is 0 Å². The Morgan fingerprint density at radius 3 is 3.11 bits per heavy atom. The Bertz CT molecular complexity index is 481. The van der Waals surface area contributed by atoms with Crippen LogP contribution in [0.1, 0.15) is 36.6 Å². The van der Waals surface area contributed by atoms with Crippen LogP contribution in [0.3, 0.4) is 0 Å². The van der Waals surface area contributed by atoms with Crippen molar-refractivity contribution >= 4 is 5.91 Å². The summed E-state index contributed by atoms with van der Waals surface area (Å²) in [6.07, 6.45) is 2.53. The van der Waals surface area contributed by atoms with Crippen molar-refractivity contribution in [1.29, 1.82) is 0 Å². The lowest BCUT2D eigenvalue weighted by atomic mass is 9.93. The SMILES string of the molecule is CN1CC[C@@](O)(c2cc(C3CCCNC3)no2)C1=O. The molecule has 3 rings (SSSR count). The molecular weight excluding hydrogens is 246 g/mol. The minimum atomic E-state index is -1.53. The van der Waals surface area contributed by atoms with E-state index < -0.39 is 5.60 Å². The van der Waals surface area contributed by atoms with E-state index in [-0.39, 0.29) is 11.7 Å². The molecule has 2 aliphatic heterocycles. The lowest BCUT2D eigenvalue weighted by Gasteiger charge is -2.20. The summed E-state index contributed by atoms with van der Waals surface area (Å²) in [7, 11) is 1.68. The van der Waals surface area contributed by atoms with Gasteiger partial charge < -0.3 is 19.8 Å². The second-order valence-corrected chi connectivity index (χ2v) is 5.50. The van der Waals surface area contributed by atoms with Crippen molar-refractivity contribution in [3.05, 3.63) is 17.5 Å². The summed E-state index contributed by atoms with van der Waals surface area (Å²) >= 11 is 0. The molecule has 0 bridgehead atoms. The molecule has 6 nitrogen and oxygen atoms in total. The van der Waals surface area contributed by atoms with Gasteiger partial charge in [0.2, 0.25) is 5.60 Å². The number of likely N-dealkylation sites (tertiary alicyclic amines) is 1. The van der Waals surface area contributed by atoms with Crippen molar-refractivity contribution in [3.8, 4) is 0 Å². The van der Waals surface area contributed by atoms with Gasteiger partial charge in [0.1, 0.15) is 0 Å². The Hall–Kier alpha value is -1.40. The molecule has 0 saturated carbocycles. The molecule has 19 heavy (non-hydrogen) atoms. The zero-order chi connectivity index (χ0) is 13.5. The third-order valence-corrected chi connectivity index (χ3v) is 4.16. The third-order valence-electron chi connectivity index (χ3n) is 4.16. The van der Waals surface area contributed by atoms with Gasteiger partial charge in [0.15, 0.2) is 5.76 Å². The largest absolute Gasteiger partial charge is 0.373 e. The van der Waals surface area contributed by atoms with E-state index in [1.165, 1.54) is 4.90 Å². The monoisotopic (exact) mass is 265 g/mol. The molecular formula is C13H19N3O3. The number of hydrogen-bond acceptors (Lipinski definition) is 5. The summed E-state index contributed by atoms with van der Waals surface area (Å²) in [6, 6.07) is 1.74. The Kier molecular flexibility index (Phi) is 3.06. The molecule has 2 N–H and O–H groups in total. The van der Waals surface area contributed by atoms with Crippen molar-refractivity contribution in [2.75, 3.05) is 26.7 Å². The van der Waals surface area contributed by atoms with Crippen LogP contribution >= 0.6 is 0 Å². The van der Waals surface area contributed by atoms with Gasteiger partial charge in [0.05, 0.1) is 5.69 Å². The van der Waals surface area contributed by atoms with Crippen molar-refractivity contribution in [2.45, 2.75) is 30.8 Å². The van der Waals surface area contributed by atoms with E-state index in [0.717, 1.165) is 31.6 Å². The van der Waals surface area contributed by atoms with Crippen LogP contribution < -0.4 is 5.32 Å². The number of carbonyl (C=O) groups excluding carboxylic acids is 1. The molecule has 1 aromatic heterocycles. The van der Waals surface area contributed by atoms with E-state index >= 15 is 0 Å². The topological polar surface area (TPSA) is 78.6 Å². The van der Waals surface area contributed by atoms with Gasteiger partial charge in [-0.05, 0) is 19.4 Å². The molecule has 3 heterocycles. The highest BCUT2D eigenvalue weighted by Crippen LogP contribution is 2.34. The number of likely N-dealkylation sites (N-methyl/N-ethyl adjacent to an activating group) is 1. The number of amides is 1. The maximum Gasteiger partial charge on any atom is 0.262 e. The first-order valence-corrected chi connectivity index (χ1v) is 6.77. The lowest BCUT2D eigenvalue weighted by Crippen LogP contribution is -2.35. The van der Waals surface area contributed by atoms with Crippen molar-refractivity contribution < 1.29 is 14.4 Å². The van der Waals surface area contributed by atoms with Gasteiger partial charge in [-0.2, -0.15) is 0 Å². The molecule has 0 radical (unpaired) electrons. The van der Waals surface area contributed by atoms with E-state index in [1.54, 1.807) is 13.1 Å². The summed E-state index contributed by atoms with van der Waals surface area (Å²) in [4.78, 5) is 13.5. The van der Waals surface area contributed by atoms with E-state index in [0.29, 0.717) is 18.9 Å². The fraction of sp³-hybridized carbons (Fsp3) is 0.692. The van der Waals surface area contributed by atoms with Crippen LogP contribution in [0.15, 0.2) is 10.6 Å². The zero-order valence-corrected chi connectivity index (χ0v) is 11.1. The van der Waals surface area contributed by atoms with Crippen LogP contribution in [0.25, 0.3) is 0 Å². The molecule has 0 aromatic carbocycles. The average Bonchev–Trinajstić information content (AvgIpc) is 3.03. The fourth-order valence-corrected chi connectivity index (χ4v) is 2.86. The highest BCUT2D eigenvalue weighted by molar-refractivity contribution is 5.87. The third kappa shape index (κ3) is 2.04. The standard InChI is InChI=1S/C13H19N3O3/c1-16-6-4-13(18,12(16)17)11-7-10(15-19-11)9-3-2-5-14-8-9/h7,9,14,18H,2-6,8H2,1H3/t9?,13-/m1/s1. The molecule has 2 atom stereocenters. The van der Waals surface area contributed by atoms with E-state index in [9.17, 15) is 9.90 Å². The van der Waals surface area contributed by atoms with Gasteiger partial charge in [-0.3, -0.25) is 4.79 Å². The first kappa shape index (κ1) is 12.6. The normalized spacial score (nSPS) is 32.0. The first-order chi connectivity index (χ1) is 9.11. The van der Waals surface area contributed by atoms with Crippen molar-refractivity contribution in [1.82, 2.24) is 15.4 Å². The highest BCUT2D eigenvalue weighted by Gasteiger charge is 2.48. The van der Waals surface area contributed by atoms with Crippen LogP contribution in [0.4, 0.5) is 0 Å². The molecule has 0 spiro atoms. The molecule has 1 amide bonds. The van der Waals surface area contributed by atoms with Crippen LogP contribution in [0.2, 0.25) is 0 Å². The smallest absolute Gasteiger partial charge is 0.262 e. The van der Waals surface area contributed by atoms with Crippen LogP contribution in [-0.2, 0) is 10.4 Å². The minimum absolute atomic E-state index is 0.280. The summed E-state index contributed by atoms with van der Waals surface area (Å²) < 4.78 is 5.25. The van der Waals surface area contributed by atoms with Crippen molar-refractivity contribution in [2.24, 2.45) is 0 Å². The van der Waals surface area contributed by atoms with Gasteiger partial charge in [0, 0.05) is 38.5 Å². The molecule has 2 fully saturated rings. The average molecular weight is 265 g/mol. The van der Waals surface area contributed by atoms with Crippen LogP contribution in [0, 0.1) is 0 Å². The number of nitrogens with one attached hydrogen (secondary N) is 1. The molecule has 1 aromatic rings. The number of hydrogen-bond donors (Lipinski definition) is 2. The maximum atomic E-state index is 12.0. The second-order valence-electron chi connectivity index (χ2n) is 5.50. The Balaban J connectivity index is 1.83. The number of aromatic nitrogens is 1. The Morgan fingerprint density at radius 1 is 1.63 bits per heavy atom. The second kappa shape index (κ2) is 4.61. The van der Waals surface area contributed by atoms with E-state index in [4.69, 9.17) is 4.52 Å². The predicted molar refractivity (Wildman–Crippen MR) is 67.5 cm³/mol. The molecule has 104 valence electrons. The van der Waals surface area contributed by atoms with Crippen LogP contribution in [0.5, 0.6) is 0 Å². The quantitative estimate of drug-likeness (QED) is 0.798. The number of aliphatic hydroxyl groups is 1. The predicted octanol–water partition coefficient (Wildman–Crippen LogP) is 0.191. The zero-order valence-electron chi connectivity index (χ0n) is 11.1. The minimum Gasteiger partial charge on any atom is -0.373 e. The van der Waals surface area contributed by atoms with Gasteiger partial charge in [0.25, 0.3) is 5.91 Å². The van der Waals surface area contributed by atoms with E-state index in [1.807, 2.05) is 0 Å². The Morgan fingerprint density at radius 2 is 2.47 bits per heavy atom. The fourth-order valence-electron chi connectivity index (χ4n) is 2.86. The summed E-state index contributed by atoms with van der Waals surface area (Å²) in [5, 5.41) is 17.8. The van der Waals surface area contributed by atoms with Crippen LogP contribution in [-0.4, -0.2) is 47.8 Å². The summed E-state index contributed by atoms with van der Waals surface area (Å²) in [5.41, 5.74) is -0.694. The molecule has 1 unspecified atom stereocenters. The number of carbonyl (C=O) groups is 1. The number of piperidine rings is 1. The number of nitrogens with zero attached hydrogens (tertiary/aromatic N) is 2. The molecule has 0 aliphatic carbocycles.